The summed E-state index contributed by atoms with van der Waals surface area (Å²) in [5.41, 5.74) is 1.96. The molecule has 0 N–H and O–H groups in total. The van der Waals surface area contributed by atoms with E-state index in [0.29, 0.717) is 12.5 Å². The minimum Gasteiger partial charge on any atom is -0.305 e. The van der Waals surface area contributed by atoms with Gasteiger partial charge in [0.25, 0.3) is 0 Å². The molecule has 3 heteroatoms. The second kappa shape index (κ2) is 7.00. The van der Waals surface area contributed by atoms with Gasteiger partial charge in [0.05, 0.1) is 0 Å². The van der Waals surface area contributed by atoms with Crippen LogP contribution in [-0.4, -0.2) is 55.4 Å². The first-order chi connectivity index (χ1) is 9.58. The number of piperidine rings is 1. The van der Waals surface area contributed by atoms with E-state index < -0.39 is 0 Å². The molecule has 1 fully saturated rings. The van der Waals surface area contributed by atoms with Gasteiger partial charge in [-0.05, 0) is 46.0 Å². The number of rotatable bonds is 5. The summed E-state index contributed by atoms with van der Waals surface area (Å²) >= 11 is 0. The van der Waals surface area contributed by atoms with Crippen molar-refractivity contribution in [2.45, 2.75) is 32.2 Å². The highest BCUT2D eigenvalue weighted by molar-refractivity contribution is 5.97. The molecule has 0 amide bonds. The van der Waals surface area contributed by atoms with E-state index in [0.717, 1.165) is 24.2 Å². The van der Waals surface area contributed by atoms with Crippen molar-refractivity contribution in [2.24, 2.45) is 0 Å². The number of ketones is 1. The van der Waals surface area contributed by atoms with Crippen LogP contribution in [0.25, 0.3) is 0 Å². The third-order valence-corrected chi connectivity index (χ3v) is 4.36. The molecule has 1 heterocycles. The molecule has 2 rings (SSSR count). The van der Waals surface area contributed by atoms with Crippen LogP contribution in [-0.2, 0) is 0 Å². The number of benzene rings is 1. The quantitative estimate of drug-likeness (QED) is 0.771. The molecule has 3 nitrogen and oxygen atoms in total. The maximum Gasteiger partial charge on any atom is 0.164 e. The summed E-state index contributed by atoms with van der Waals surface area (Å²) in [5.74, 6) is 0.263. The van der Waals surface area contributed by atoms with Gasteiger partial charge in [-0.3, -0.25) is 4.79 Å². The largest absolute Gasteiger partial charge is 0.305 e. The Hall–Kier alpha value is -1.19. The fourth-order valence-electron chi connectivity index (χ4n) is 2.98. The van der Waals surface area contributed by atoms with E-state index in [2.05, 4.69) is 23.9 Å². The molecule has 20 heavy (non-hydrogen) atoms. The van der Waals surface area contributed by atoms with Crippen LogP contribution >= 0.6 is 0 Å². The van der Waals surface area contributed by atoms with Crippen LogP contribution in [0.5, 0.6) is 0 Å². The third-order valence-electron chi connectivity index (χ3n) is 4.36. The summed E-state index contributed by atoms with van der Waals surface area (Å²) in [6.45, 7) is 5.18. The van der Waals surface area contributed by atoms with Crippen LogP contribution in [0.2, 0.25) is 0 Å². The summed E-state index contributed by atoms with van der Waals surface area (Å²) in [6, 6.07) is 8.47. The minimum atomic E-state index is 0.263. The van der Waals surface area contributed by atoms with Gasteiger partial charge < -0.3 is 9.80 Å². The fraction of sp³-hybridized carbons (Fsp3) is 0.588. The van der Waals surface area contributed by atoms with Crippen molar-refractivity contribution in [1.29, 1.82) is 0 Å². The molecule has 0 radical (unpaired) electrons. The average molecular weight is 274 g/mol. The number of nitrogens with zero attached hydrogens (tertiary/aromatic N) is 2. The molecule has 0 aliphatic carbocycles. The number of carbonyl (C=O) groups excluding carboxylic acids is 1. The molecule has 1 atom stereocenters. The van der Waals surface area contributed by atoms with Crippen molar-refractivity contribution < 1.29 is 4.79 Å². The Bertz CT molecular complexity index is 458. The zero-order valence-corrected chi connectivity index (χ0v) is 12.9. The Morgan fingerprint density at radius 3 is 2.85 bits per heavy atom. The molecular weight excluding hydrogens is 248 g/mol. The molecule has 1 aliphatic rings. The molecule has 0 saturated carbocycles. The van der Waals surface area contributed by atoms with Gasteiger partial charge >= 0.3 is 0 Å². The molecule has 1 aromatic carbocycles. The van der Waals surface area contributed by atoms with E-state index in [4.69, 9.17) is 0 Å². The summed E-state index contributed by atoms with van der Waals surface area (Å²) in [4.78, 5) is 17.0. The summed E-state index contributed by atoms with van der Waals surface area (Å²) in [7, 11) is 4.33. The van der Waals surface area contributed by atoms with E-state index >= 15 is 0 Å². The second-order valence-electron chi connectivity index (χ2n) is 6.03. The molecule has 0 aromatic heterocycles. The number of hydrogen-bond donors (Lipinski definition) is 0. The fourth-order valence-corrected chi connectivity index (χ4v) is 2.98. The maximum atomic E-state index is 12.3. The van der Waals surface area contributed by atoms with E-state index in [1.54, 1.807) is 0 Å². The zero-order valence-electron chi connectivity index (χ0n) is 12.9. The first-order valence-electron chi connectivity index (χ1n) is 7.55. The lowest BCUT2D eigenvalue weighted by Crippen LogP contribution is -2.45. The summed E-state index contributed by atoms with van der Waals surface area (Å²) in [6.07, 6.45) is 3.12. The number of hydrogen-bond acceptors (Lipinski definition) is 3. The highest BCUT2D eigenvalue weighted by Crippen LogP contribution is 2.15. The standard InChI is InChI=1S/C17H26N2O/c1-14-7-4-5-9-16(14)17(20)10-12-19(3)15-8-6-11-18(2)13-15/h4-5,7,9,15H,6,8,10-13H2,1-3H3. The minimum absolute atomic E-state index is 0.263. The van der Waals surface area contributed by atoms with Gasteiger partial charge in [0.1, 0.15) is 0 Å². The monoisotopic (exact) mass is 274 g/mol. The number of likely N-dealkylation sites (tertiary alicyclic amines) is 1. The number of aryl methyl sites for hydroxylation is 1. The Labute approximate surface area is 122 Å². The van der Waals surface area contributed by atoms with Crippen molar-refractivity contribution in [3.8, 4) is 0 Å². The van der Waals surface area contributed by atoms with Crippen LogP contribution in [0, 0.1) is 6.92 Å². The van der Waals surface area contributed by atoms with E-state index in [1.165, 1.54) is 19.4 Å². The highest BCUT2D eigenvalue weighted by atomic mass is 16.1. The van der Waals surface area contributed by atoms with E-state index in [1.807, 2.05) is 31.2 Å². The Morgan fingerprint density at radius 2 is 2.15 bits per heavy atom. The van der Waals surface area contributed by atoms with Gasteiger partial charge in [-0.15, -0.1) is 0 Å². The van der Waals surface area contributed by atoms with Crippen LogP contribution < -0.4 is 0 Å². The molecule has 1 aromatic rings. The highest BCUT2D eigenvalue weighted by Gasteiger charge is 2.21. The first kappa shape index (κ1) is 15.2. The average Bonchev–Trinajstić information content (AvgIpc) is 2.45. The van der Waals surface area contributed by atoms with Crippen LogP contribution in [0.15, 0.2) is 24.3 Å². The Morgan fingerprint density at radius 1 is 1.40 bits per heavy atom. The zero-order chi connectivity index (χ0) is 14.5. The maximum absolute atomic E-state index is 12.3. The lowest BCUT2D eigenvalue weighted by Gasteiger charge is -2.35. The van der Waals surface area contributed by atoms with Crippen molar-refractivity contribution in [3.05, 3.63) is 35.4 Å². The van der Waals surface area contributed by atoms with Gasteiger partial charge in [-0.2, -0.15) is 0 Å². The molecule has 0 bridgehead atoms. The molecular formula is C17H26N2O. The van der Waals surface area contributed by atoms with Crippen molar-refractivity contribution in [1.82, 2.24) is 9.80 Å². The normalized spacial score (nSPS) is 20.3. The summed E-state index contributed by atoms with van der Waals surface area (Å²) < 4.78 is 0. The molecule has 1 unspecified atom stereocenters. The van der Waals surface area contributed by atoms with Crippen LogP contribution in [0.4, 0.5) is 0 Å². The van der Waals surface area contributed by atoms with E-state index in [-0.39, 0.29) is 5.78 Å². The van der Waals surface area contributed by atoms with Gasteiger partial charge in [-0.1, -0.05) is 24.3 Å². The number of Topliss-reactive ketones (excluding diaryl/α,β-unsaturated/α-hetero) is 1. The Balaban J connectivity index is 1.85. The van der Waals surface area contributed by atoms with E-state index in [9.17, 15) is 4.79 Å². The molecule has 1 aliphatic heterocycles. The van der Waals surface area contributed by atoms with Gasteiger partial charge in [0.15, 0.2) is 5.78 Å². The number of likely N-dealkylation sites (N-methyl/N-ethyl adjacent to an activating group) is 2. The van der Waals surface area contributed by atoms with Gasteiger partial charge in [0, 0.05) is 31.1 Å². The smallest absolute Gasteiger partial charge is 0.164 e. The predicted molar refractivity (Wildman–Crippen MR) is 83.3 cm³/mol. The van der Waals surface area contributed by atoms with Gasteiger partial charge in [-0.25, -0.2) is 0 Å². The predicted octanol–water partition coefficient (Wildman–Crippen LogP) is 2.59. The van der Waals surface area contributed by atoms with Gasteiger partial charge in [0.2, 0.25) is 0 Å². The van der Waals surface area contributed by atoms with Crippen LogP contribution in [0.3, 0.4) is 0 Å². The molecule has 0 spiro atoms. The van der Waals surface area contributed by atoms with Crippen molar-refractivity contribution in [2.75, 3.05) is 33.7 Å². The Kier molecular flexibility index (Phi) is 5.32. The van der Waals surface area contributed by atoms with Crippen LogP contribution in [0.1, 0.15) is 35.2 Å². The molecule has 1 saturated heterocycles. The lowest BCUT2D eigenvalue weighted by molar-refractivity contribution is 0.0931. The first-order valence-corrected chi connectivity index (χ1v) is 7.55. The molecule has 110 valence electrons. The summed E-state index contributed by atoms with van der Waals surface area (Å²) in [5, 5.41) is 0. The second-order valence-corrected chi connectivity index (χ2v) is 6.03. The topological polar surface area (TPSA) is 23.6 Å². The SMILES string of the molecule is Cc1ccccc1C(=O)CCN(C)C1CCCN(C)C1. The van der Waals surface area contributed by atoms with Crippen molar-refractivity contribution in [3.63, 3.8) is 0 Å². The van der Waals surface area contributed by atoms with Crippen molar-refractivity contribution >= 4 is 5.78 Å². The lowest BCUT2D eigenvalue weighted by atomic mass is 10.0. The third kappa shape index (κ3) is 3.90. The number of carbonyl (C=O) groups is 1.